The minimum atomic E-state index is 0. The van der Waals surface area contributed by atoms with Gasteiger partial charge in [-0.25, -0.2) is 0 Å². The molecule has 1 spiro atoms. The predicted octanol–water partition coefficient (Wildman–Crippen LogP) is 1.65. The van der Waals surface area contributed by atoms with Crippen LogP contribution in [0.2, 0.25) is 0 Å². The SMILES string of the molecule is Cl.O=C(CCc1ccccn1)N1CCC2(CCNC2)C1. The van der Waals surface area contributed by atoms with E-state index in [0.717, 1.165) is 44.7 Å². The van der Waals surface area contributed by atoms with Crippen molar-refractivity contribution in [2.75, 3.05) is 26.2 Å². The molecule has 0 bridgehead atoms. The first-order chi connectivity index (χ1) is 9.27. The first-order valence-electron chi connectivity index (χ1n) is 7.16. The normalized spacial score (nSPS) is 24.9. The molecule has 2 saturated heterocycles. The largest absolute Gasteiger partial charge is 0.342 e. The molecule has 1 aromatic heterocycles. The molecule has 1 atom stereocenters. The molecular weight excluding hydrogens is 274 g/mol. The number of halogens is 1. The maximum absolute atomic E-state index is 12.2. The first-order valence-corrected chi connectivity index (χ1v) is 7.16. The van der Waals surface area contributed by atoms with E-state index in [9.17, 15) is 4.79 Å². The van der Waals surface area contributed by atoms with E-state index in [2.05, 4.69) is 15.2 Å². The van der Waals surface area contributed by atoms with E-state index < -0.39 is 0 Å². The summed E-state index contributed by atoms with van der Waals surface area (Å²) in [6.07, 6.45) is 5.50. The number of carbonyl (C=O) groups is 1. The number of aryl methyl sites for hydroxylation is 1. The van der Waals surface area contributed by atoms with Gasteiger partial charge in [0.25, 0.3) is 0 Å². The van der Waals surface area contributed by atoms with Gasteiger partial charge >= 0.3 is 0 Å². The fourth-order valence-electron chi connectivity index (χ4n) is 3.23. The quantitative estimate of drug-likeness (QED) is 0.922. The van der Waals surface area contributed by atoms with Crippen molar-refractivity contribution in [1.82, 2.24) is 15.2 Å². The number of hydrogen-bond acceptors (Lipinski definition) is 3. The van der Waals surface area contributed by atoms with Gasteiger partial charge in [-0.2, -0.15) is 0 Å². The highest BCUT2D eigenvalue weighted by molar-refractivity contribution is 5.85. The standard InChI is InChI=1S/C15H21N3O.ClH/c19-14(5-4-13-3-1-2-8-17-13)18-10-7-15(12-18)6-9-16-11-15;/h1-3,8,16H,4-7,9-12H2;1H. The Kier molecular flexibility index (Phi) is 5.00. The molecule has 0 aromatic carbocycles. The second-order valence-electron chi connectivity index (χ2n) is 5.81. The average molecular weight is 296 g/mol. The molecule has 20 heavy (non-hydrogen) atoms. The summed E-state index contributed by atoms with van der Waals surface area (Å²) in [6.45, 7) is 4.07. The number of hydrogen-bond donors (Lipinski definition) is 1. The summed E-state index contributed by atoms with van der Waals surface area (Å²) < 4.78 is 0. The van der Waals surface area contributed by atoms with E-state index >= 15 is 0 Å². The van der Waals surface area contributed by atoms with Crippen LogP contribution in [-0.2, 0) is 11.2 Å². The van der Waals surface area contributed by atoms with Crippen molar-refractivity contribution in [3.8, 4) is 0 Å². The second kappa shape index (κ2) is 6.55. The molecule has 0 radical (unpaired) electrons. The highest BCUT2D eigenvalue weighted by Gasteiger charge is 2.41. The van der Waals surface area contributed by atoms with Crippen molar-refractivity contribution in [1.29, 1.82) is 0 Å². The third-order valence-electron chi connectivity index (χ3n) is 4.44. The van der Waals surface area contributed by atoms with Crippen molar-refractivity contribution in [2.24, 2.45) is 5.41 Å². The molecule has 1 aromatic rings. The van der Waals surface area contributed by atoms with E-state index in [1.165, 1.54) is 6.42 Å². The second-order valence-corrected chi connectivity index (χ2v) is 5.81. The van der Waals surface area contributed by atoms with Gasteiger partial charge in [0.2, 0.25) is 5.91 Å². The number of nitrogens with one attached hydrogen (secondary N) is 1. The lowest BCUT2D eigenvalue weighted by molar-refractivity contribution is -0.130. The molecule has 3 rings (SSSR count). The van der Waals surface area contributed by atoms with Crippen LogP contribution in [0, 0.1) is 5.41 Å². The van der Waals surface area contributed by atoms with Crippen molar-refractivity contribution >= 4 is 18.3 Å². The number of nitrogens with zero attached hydrogens (tertiary/aromatic N) is 2. The zero-order chi connectivity index (χ0) is 13.1. The monoisotopic (exact) mass is 295 g/mol. The number of pyridine rings is 1. The lowest BCUT2D eigenvalue weighted by atomic mass is 9.86. The summed E-state index contributed by atoms with van der Waals surface area (Å²) >= 11 is 0. The molecule has 2 aliphatic rings. The van der Waals surface area contributed by atoms with Gasteiger partial charge in [-0.15, -0.1) is 12.4 Å². The molecular formula is C15H22ClN3O. The van der Waals surface area contributed by atoms with E-state index in [-0.39, 0.29) is 18.3 Å². The number of rotatable bonds is 3. The van der Waals surface area contributed by atoms with Crippen molar-refractivity contribution < 1.29 is 4.79 Å². The lowest BCUT2D eigenvalue weighted by Gasteiger charge is -2.22. The van der Waals surface area contributed by atoms with E-state index in [4.69, 9.17) is 0 Å². The fraction of sp³-hybridized carbons (Fsp3) is 0.600. The van der Waals surface area contributed by atoms with Gasteiger partial charge in [-0.1, -0.05) is 6.07 Å². The Morgan fingerprint density at radius 3 is 3.00 bits per heavy atom. The summed E-state index contributed by atoms with van der Waals surface area (Å²) in [5.74, 6) is 0.287. The Labute approximate surface area is 126 Å². The van der Waals surface area contributed by atoms with E-state index in [1.807, 2.05) is 18.2 Å². The van der Waals surface area contributed by atoms with Crippen LogP contribution in [-0.4, -0.2) is 42.0 Å². The van der Waals surface area contributed by atoms with Gasteiger partial charge < -0.3 is 10.2 Å². The van der Waals surface area contributed by atoms with Crippen LogP contribution < -0.4 is 5.32 Å². The highest BCUT2D eigenvalue weighted by Crippen LogP contribution is 2.36. The third kappa shape index (κ3) is 3.30. The minimum absolute atomic E-state index is 0. The molecule has 2 aliphatic heterocycles. The van der Waals surface area contributed by atoms with Crippen LogP contribution in [0.3, 0.4) is 0 Å². The summed E-state index contributed by atoms with van der Waals surface area (Å²) in [5, 5.41) is 3.42. The highest BCUT2D eigenvalue weighted by atomic mass is 35.5. The van der Waals surface area contributed by atoms with E-state index in [1.54, 1.807) is 6.20 Å². The molecule has 5 heteroatoms. The van der Waals surface area contributed by atoms with Gasteiger partial charge in [-0.3, -0.25) is 9.78 Å². The Balaban J connectivity index is 0.00000147. The molecule has 2 fully saturated rings. The fourth-order valence-corrected chi connectivity index (χ4v) is 3.23. The predicted molar refractivity (Wildman–Crippen MR) is 80.9 cm³/mol. The Hall–Kier alpha value is -1.13. The number of amides is 1. The molecule has 4 nitrogen and oxygen atoms in total. The molecule has 1 amide bonds. The summed E-state index contributed by atoms with van der Waals surface area (Å²) in [5.41, 5.74) is 1.38. The summed E-state index contributed by atoms with van der Waals surface area (Å²) in [7, 11) is 0. The third-order valence-corrected chi connectivity index (χ3v) is 4.44. The zero-order valence-electron chi connectivity index (χ0n) is 11.7. The van der Waals surface area contributed by atoms with Crippen LogP contribution in [0.1, 0.15) is 25.0 Å². The number of carbonyl (C=O) groups excluding carboxylic acids is 1. The van der Waals surface area contributed by atoms with Crippen LogP contribution in [0.4, 0.5) is 0 Å². The molecule has 0 aliphatic carbocycles. The number of aromatic nitrogens is 1. The maximum atomic E-state index is 12.2. The zero-order valence-corrected chi connectivity index (χ0v) is 12.5. The maximum Gasteiger partial charge on any atom is 0.222 e. The molecule has 0 saturated carbocycles. The first kappa shape index (κ1) is 15.3. The van der Waals surface area contributed by atoms with E-state index in [0.29, 0.717) is 11.8 Å². The molecule has 1 N–H and O–H groups in total. The minimum Gasteiger partial charge on any atom is -0.342 e. The van der Waals surface area contributed by atoms with Gasteiger partial charge in [0.05, 0.1) is 0 Å². The summed E-state index contributed by atoms with van der Waals surface area (Å²) in [4.78, 5) is 18.6. The molecule has 3 heterocycles. The van der Waals surface area contributed by atoms with Gasteiger partial charge in [0, 0.05) is 43.4 Å². The van der Waals surface area contributed by atoms with Crippen LogP contribution in [0.5, 0.6) is 0 Å². The topological polar surface area (TPSA) is 45.2 Å². The Morgan fingerprint density at radius 2 is 2.30 bits per heavy atom. The molecule has 1 unspecified atom stereocenters. The molecule has 110 valence electrons. The average Bonchev–Trinajstić information content (AvgIpc) is 3.08. The number of likely N-dealkylation sites (tertiary alicyclic amines) is 1. The van der Waals surface area contributed by atoms with Crippen LogP contribution in [0.25, 0.3) is 0 Å². The van der Waals surface area contributed by atoms with Crippen LogP contribution in [0.15, 0.2) is 24.4 Å². The lowest BCUT2D eigenvalue weighted by Crippen LogP contribution is -2.33. The Bertz CT molecular complexity index is 446. The van der Waals surface area contributed by atoms with Crippen LogP contribution >= 0.6 is 12.4 Å². The van der Waals surface area contributed by atoms with Crippen molar-refractivity contribution in [3.63, 3.8) is 0 Å². The Morgan fingerprint density at radius 1 is 1.40 bits per heavy atom. The smallest absolute Gasteiger partial charge is 0.222 e. The van der Waals surface area contributed by atoms with Gasteiger partial charge in [-0.05, 0) is 37.9 Å². The van der Waals surface area contributed by atoms with Crippen molar-refractivity contribution in [2.45, 2.75) is 25.7 Å². The van der Waals surface area contributed by atoms with Gasteiger partial charge in [0.15, 0.2) is 0 Å². The van der Waals surface area contributed by atoms with Gasteiger partial charge in [0.1, 0.15) is 0 Å². The van der Waals surface area contributed by atoms with Crippen molar-refractivity contribution in [3.05, 3.63) is 30.1 Å². The summed E-state index contributed by atoms with van der Waals surface area (Å²) in [6, 6.07) is 5.87.